The van der Waals surface area contributed by atoms with Crippen molar-refractivity contribution in [3.63, 3.8) is 0 Å². The van der Waals surface area contributed by atoms with E-state index in [0.717, 1.165) is 25.8 Å². The zero-order valence-electron chi connectivity index (χ0n) is 7.92. The predicted molar refractivity (Wildman–Crippen MR) is 48.1 cm³/mol. The molecule has 1 unspecified atom stereocenters. The Morgan fingerprint density at radius 3 is 2.83 bits per heavy atom. The van der Waals surface area contributed by atoms with Gasteiger partial charge in [0.25, 0.3) is 0 Å². The van der Waals surface area contributed by atoms with Crippen molar-refractivity contribution in [2.24, 2.45) is 0 Å². The number of aliphatic hydroxyl groups excluding tert-OH is 1. The number of ether oxygens (including phenoxy) is 1. The van der Waals surface area contributed by atoms with E-state index in [2.05, 4.69) is 5.32 Å². The van der Waals surface area contributed by atoms with Crippen LogP contribution >= 0.6 is 0 Å². The third-order valence-electron chi connectivity index (χ3n) is 2.55. The maximum atomic E-state index is 9.47. The van der Waals surface area contributed by atoms with E-state index >= 15 is 0 Å². The molecule has 1 aliphatic rings. The molecule has 1 saturated carbocycles. The zero-order valence-corrected chi connectivity index (χ0v) is 7.92. The van der Waals surface area contributed by atoms with Crippen LogP contribution in [0, 0.1) is 0 Å². The Balaban J connectivity index is 2.13. The number of hydrogen-bond acceptors (Lipinski definition) is 3. The summed E-state index contributed by atoms with van der Waals surface area (Å²) < 4.78 is 5.10. The summed E-state index contributed by atoms with van der Waals surface area (Å²) in [6.07, 6.45) is 3.27. The fourth-order valence-electron chi connectivity index (χ4n) is 1.58. The maximum Gasteiger partial charge on any atom is 0.0693 e. The molecule has 0 aromatic carbocycles. The van der Waals surface area contributed by atoms with Gasteiger partial charge in [-0.25, -0.2) is 0 Å². The van der Waals surface area contributed by atoms with E-state index in [9.17, 15) is 5.11 Å². The van der Waals surface area contributed by atoms with Gasteiger partial charge in [-0.2, -0.15) is 0 Å². The van der Waals surface area contributed by atoms with Crippen LogP contribution in [0.4, 0.5) is 0 Å². The molecule has 0 amide bonds. The smallest absolute Gasteiger partial charge is 0.0693 e. The second-order valence-corrected chi connectivity index (χ2v) is 3.56. The molecule has 0 spiro atoms. The van der Waals surface area contributed by atoms with Gasteiger partial charge in [0, 0.05) is 19.7 Å². The first kappa shape index (κ1) is 9.96. The molecule has 1 rings (SSSR count). The highest BCUT2D eigenvalue weighted by atomic mass is 16.5. The Morgan fingerprint density at radius 1 is 1.58 bits per heavy atom. The van der Waals surface area contributed by atoms with E-state index in [1.807, 2.05) is 6.92 Å². The van der Waals surface area contributed by atoms with Gasteiger partial charge in [0.05, 0.1) is 12.2 Å². The summed E-state index contributed by atoms with van der Waals surface area (Å²) in [6, 6.07) is 0.294. The van der Waals surface area contributed by atoms with Gasteiger partial charge in [-0.1, -0.05) is 0 Å². The second-order valence-electron chi connectivity index (χ2n) is 3.56. The van der Waals surface area contributed by atoms with Crippen LogP contribution < -0.4 is 5.32 Å². The molecule has 3 atom stereocenters. The molecular weight excluding hydrogens is 154 g/mol. The van der Waals surface area contributed by atoms with Gasteiger partial charge < -0.3 is 15.2 Å². The average Bonchev–Trinajstić information content (AvgIpc) is 2.47. The molecule has 0 radical (unpaired) electrons. The number of nitrogens with one attached hydrogen (secondary N) is 1. The Kier molecular flexibility index (Phi) is 3.98. The van der Waals surface area contributed by atoms with Gasteiger partial charge in [0.15, 0.2) is 0 Å². The topological polar surface area (TPSA) is 41.5 Å². The summed E-state index contributed by atoms with van der Waals surface area (Å²) in [5.74, 6) is 0. The van der Waals surface area contributed by atoms with Crippen LogP contribution in [0.25, 0.3) is 0 Å². The van der Waals surface area contributed by atoms with E-state index in [-0.39, 0.29) is 12.2 Å². The van der Waals surface area contributed by atoms with Crippen molar-refractivity contribution in [2.45, 2.75) is 44.4 Å². The lowest BCUT2D eigenvalue weighted by atomic mass is 10.2. The molecule has 0 aromatic heterocycles. The SMILES string of the molecule is COC(C)CN[C@@H]1CCC[C@H]1O. The molecule has 72 valence electrons. The average molecular weight is 173 g/mol. The summed E-state index contributed by atoms with van der Waals surface area (Å²) >= 11 is 0. The Bertz CT molecular complexity index is 130. The monoisotopic (exact) mass is 173 g/mol. The molecule has 0 saturated heterocycles. The summed E-state index contributed by atoms with van der Waals surface area (Å²) in [5.41, 5.74) is 0. The molecule has 0 aliphatic heterocycles. The highest BCUT2D eigenvalue weighted by molar-refractivity contribution is 4.82. The van der Waals surface area contributed by atoms with Crippen LogP contribution in [0.2, 0.25) is 0 Å². The van der Waals surface area contributed by atoms with Crippen LogP contribution in [0.15, 0.2) is 0 Å². The molecular formula is C9H19NO2. The van der Waals surface area contributed by atoms with Crippen molar-refractivity contribution < 1.29 is 9.84 Å². The van der Waals surface area contributed by atoms with Crippen LogP contribution in [-0.2, 0) is 4.74 Å². The minimum Gasteiger partial charge on any atom is -0.392 e. The molecule has 0 heterocycles. The lowest BCUT2D eigenvalue weighted by Crippen LogP contribution is -2.39. The molecule has 12 heavy (non-hydrogen) atoms. The predicted octanol–water partition coefficient (Wildman–Crippen LogP) is 0.524. The first-order chi connectivity index (χ1) is 5.74. The fraction of sp³-hybridized carbons (Fsp3) is 1.00. The second kappa shape index (κ2) is 4.80. The lowest BCUT2D eigenvalue weighted by molar-refractivity contribution is 0.0997. The van der Waals surface area contributed by atoms with Gasteiger partial charge in [-0.3, -0.25) is 0 Å². The Hall–Kier alpha value is -0.120. The van der Waals surface area contributed by atoms with Crippen LogP contribution in [0.5, 0.6) is 0 Å². The van der Waals surface area contributed by atoms with E-state index in [1.165, 1.54) is 0 Å². The van der Waals surface area contributed by atoms with E-state index < -0.39 is 0 Å². The summed E-state index contributed by atoms with van der Waals surface area (Å²) in [4.78, 5) is 0. The van der Waals surface area contributed by atoms with E-state index in [0.29, 0.717) is 6.04 Å². The minimum absolute atomic E-state index is 0.144. The lowest BCUT2D eigenvalue weighted by Gasteiger charge is -2.18. The molecule has 1 aliphatic carbocycles. The van der Waals surface area contributed by atoms with Gasteiger partial charge in [-0.15, -0.1) is 0 Å². The minimum atomic E-state index is -0.144. The highest BCUT2D eigenvalue weighted by Gasteiger charge is 2.24. The normalized spacial score (nSPS) is 32.2. The summed E-state index contributed by atoms with van der Waals surface area (Å²) in [7, 11) is 1.71. The molecule has 3 heteroatoms. The summed E-state index contributed by atoms with van der Waals surface area (Å²) in [5, 5.41) is 12.8. The standard InChI is InChI=1S/C9H19NO2/c1-7(12-2)6-10-8-4-3-5-9(8)11/h7-11H,3-6H2,1-2H3/t7?,8-,9-/m1/s1. The maximum absolute atomic E-state index is 9.47. The third-order valence-corrected chi connectivity index (χ3v) is 2.55. The molecule has 2 N–H and O–H groups in total. The van der Waals surface area contributed by atoms with E-state index in [4.69, 9.17) is 4.74 Å². The number of aliphatic hydroxyl groups is 1. The first-order valence-corrected chi connectivity index (χ1v) is 4.68. The third kappa shape index (κ3) is 2.73. The van der Waals surface area contributed by atoms with Crippen molar-refractivity contribution in [3.05, 3.63) is 0 Å². The van der Waals surface area contributed by atoms with Crippen molar-refractivity contribution in [1.29, 1.82) is 0 Å². The molecule has 1 fully saturated rings. The largest absolute Gasteiger partial charge is 0.392 e. The quantitative estimate of drug-likeness (QED) is 0.651. The highest BCUT2D eigenvalue weighted by Crippen LogP contribution is 2.18. The molecule has 0 aromatic rings. The number of rotatable bonds is 4. The van der Waals surface area contributed by atoms with Crippen molar-refractivity contribution >= 4 is 0 Å². The molecule has 3 nitrogen and oxygen atoms in total. The van der Waals surface area contributed by atoms with Gasteiger partial charge in [-0.05, 0) is 26.2 Å². The van der Waals surface area contributed by atoms with Crippen molar-refractivity contribution in [1.82, 2.24) is 5.32 Å². The first-order valence-electron chi connectivity index (χ1n) is 4.68. The van der Waals surface area contributed by atoms with Crippen molar-refractivity contribution in [3.8, 4) is 0 Å². The van der Waals surface area contributed by atoms with Crippen LogP contribution in [0.3, 0.4) is 0 Å². The van der Waals surface area contributed by atoms with Crippen LogP contribution in [0.1, 0.15) is 26.2 Å². The fourth-order valence-corrected chi connectivity index (χ4v) is 1.58. The van der Waals surface area contributed by atoms with Crippen LogP contribution in [-0.4, -0.2) is 37.0 Å². The number of methoxy groups -OCH3 is 1. The zero-order chi connectivity index (χ0) is 8.97. The number of hydrogen-bond donors (Lipinski definition) is 2. The molecule has 0 bridgehead atoms. The van der Waals surface area contributed by atoms with E-state index in [1.54, 1.807) is 7.11 Å². The summed E-state index contributed by atoms with van der Waals surface area (Å²) in [6.45, 7) is 2.85. The van der Waals surface area contributed by atoms with Gasteiger partial charge in [0.2, 0.25) is 0 Å². The van der Waals surface area contributed by atoms with Crippen molar-refractivity contribution in [2.75, 3.05) is 13.7 Å². The Labute approximate surface area is 74.1 Å². The van der Waals surface area contributed by atoms with Gasteiger partial charge in [0.1, 0.15) is 0 Å². The van der Waals surface area contributed by atoms with Gasteiger partial charge >= 0.3 is 0 Å². The Morgan fingerprint density at radius 2 is 2.33 bits per heavy atom.